The number of ether oxygens (including phenoxy) is 1. The summed E-state index contributed by atoms with van der Waals surface area (Å²) in [5.41, 5.74) is 0. The lowest BCUT2D eigenvalue weighted by molar-refractivity contribution is -0.135. The van der Waals surface area contributed by atoms with E-state index in [2.05, 4.69) is 11.3 Å². The number of carbonyl (C=O) groups excluding carboxylic acids is 1. The van der Waals surface area contributed by atoms with E-state index >= 15 is 0 Å². The van der Waals surface area contributed by atoms with Crippen LogP contribution in [0.25, 0.3) is 0 Å². The molecule has 0 radical (unpaired) electrons. The fraction of sp³-hybridized carbons (Fsp3) is 0.0625. The van der Waals surface area contributed by atoms with Crippen LogP contribution in [0, 0.1) is 0 Å². The molecule has 106 valence electrons. The molecule has 0 unspecified atom stereocenters. The van der Waals surface area contributed by atoms with Crippen LogP contribution in [0.3, 0.4) is 0 Å². The third kappa shape index (κ3) is 11.7. The van der Waals surface area contributed by atoms with Crippen LogP contribution in [-0.2, 0) is 9.53 Å². The van der Waals surface area contributed by atoms with Crippen LogP contribution in [0.4, 0.5) is 0 Å². The van der Waals surface area contributed by atoms with E-state index in [4.69, 9.17) is 10.2 Å². The first-order chi connectivity index (χ1) is 9.56. The lowest BCUT2D eigenvalue weighted by Crippen LogP contribution is -1.87. The molecule has 0 atom stereocenters. The zero-order chi connectivity index (χ0) is 15.2. The highest BCUT2D eigenvalue weighted by atomic mass is 16.5. The molecule has 0 aliphatic rings. The topological polar surface area (TPSA) is 66.8 Å². The van der Waals surface area contributed by atoms with Gasteiger partial charge in [0.1, 0.15) is 11.5 Å². The van der Waals surface area contributed by atoms with Gasteiger partial charge in [-0.1, -0.05) is 43.0 Å². The van der Waals surface area contributed by atoms with Gasteiger partial charge < -0.3 is 14.9 Å². The standard InChI is InChI=1S/2C6H6O.C4H6O2/c2*7-6-4-2-1-3-5-6;1-3-6-4(2)5/h2*1-5,7H;3H,1H2,2H3. The Morgan fingerprint density at radius 3 is 1.40 bits per heavy atom. The molecule has 4 heteroatoms. The minimum absolute atomic E-state index is 0.322. The molecule has 0 saturated carbocycles. The van der Waals surface area contributed by atoms with Crippen molar-refractivity contribution >= 4 is 5.97 Å². The minimum atomic E-state index is -0.329. The number of para-hydroxylation sites is 2. The van der Waals surface area contributed by atoms with Crippen molar-refractivity contribution in [1.82, 2.24) is 0 Å². The Hall–Kier alpha value is -2.75. The lowest BCUT2D eigenvalue weighted by Gasteiger charge is -1.83. The molecule has 0 amide bonds. The van der Waals surface area contributed by atoms with Crippen LogP contribution >= 0.6 is 0 Å². The van der Waals surface area contributed by atoms with Crippen LogP contribution in [0.15, 0.2) is 73.5 Å². The van der Waals surface area contributed by atoms with E-state index in [9.17, 15) is 4.79 Å². The number of aromatic hydroxyl groups is 2. The van der Waals surface area contributed by atoms with E-state index in [1.807, 2.05) is 12.1 Å². The molecule has 2 rings (SSSR count). The Kier molecular flexibility index (Phi) is 9.79. The Bertz CT molecular complexity index is 443. The molecule has 0 bridgehead atoms. The normalized spacial score (nSPS) is 8.05. The second-order valence-electron chi connectivity index (χ2n) is 3.45. The average molecular weight is 274 g/mol. The van der Waals surface area contributed by atoms with Gasteiger partial charge in [0.2, 0.25) is 0 Å². The number of phenolic OH excluding ortho intramolecular Hbond substituents is 2. The first kappa shape index (κ1) is 17.2. The minimum Gasteiger partial charge on any atom is -0.508 e. The Labute approximate surface area is 118 Å². The van der Waals surface area contributed by atoms with Crippen molar-refractivity contribution in [3.63, 3.8) is 0 Å². The zero-order valence-electron chi connectivity index (χ0n) is 11.3. The first-order valence-corrected chi connectivity index (χ1v) is 5.82. The lowest BCUT2D eigenvalue weighted by atomic mass is 10.3. The van der Waals surface area contributed by atoms with Gasteiger partial charge in [-0.05, 0) is 24.3 Å². The van der Waals surface area contributed by atoms with Gasteiger partial charge in [-0.25, -0.2) is 0 Å². The van der Waals surface area contributed by atoms with Crippen LogP contribution in [-0.4, -0.2) is 16.2 Å². The van der Waals surface area contributed by atoms with Gasteiger partial charge in [-0.15, -0.1) is 0 Å². The van der Waals surface area contributed by atoms with Crippen molar-refractivity contribution in [2.75, 3.05) is 0 Å². The fourth-order valence-corrected chi connectivity index (χ4v) is 0.973. The predicted octanol–water partition coefficient (Wildman–Crippen LogP) is 3.48. The van der Waals surface area contributed by atoms with Gasteiger partial charge in [0.05, 0.1) is 6.26 Å². The summed E-state index contributed by atoms with van der Waals surface area (Å²) in [6.07, 6.45) is 1.10. The molecule has 0 saturated heterocycles. The maximum atomic E-state index is 9.75. The maximum absolute atomic E-state index is 9.75. The van der Waals surface area contributed by atoms with E-state index < -0.39 is 0 Å². The van der Waals surface area contributed by atoms with Crippen molar-refractivity contribution in [1.29, 1.82) is 0 Å². The quantitative estimate of drug-likeness (QED) is 0.617. The molecule has 0 heterocycles. The molecule has 0 aliphatic heterocycles. The van der Waals surface area contributed by atoms with E-state index in [0.717, 1.165) is 6.26 Å². The van der Waals surface area contributed by atoms with E-state index in [1.165, 1.54) is 6.92 Å². The number of hydrogen-bond acceptors (Lipinski definition) is 4. The molecule has 4 nitrogen and oxygen atoms in total. The van der Waals surface area contributed by atoms with Crippen molar-refractivity contribution < 1.29 is 19.7 Å². The molecule has 0 aliphatic carbocycles. The first-order valence-electron chi connectivity index (χ1n) is 5.82. The Morgan fingerprint density at radius 1 is 0.950 bits per heavy atom. The summed E-state index contributed by atoms with van der Waals surface area (Å²) >= 11 is 0. The monoisotopic (exact) mass is 274 g/mol. The molecule has 2 aromatic rings. The number of carbonyl (C=O) groups is 1. The molecular weight excluding hydrogens is 256 g/mol. The summed E-state index contributed by atoms with van der Waals surface area (Å²) in [6, 6.07) is 17.4. The van der Waals surface area contributed by atoms with E-state index in [-0.39, 0.29) is 5.97 Å². The highest BCUT2D eigenvalue weighted by molar-refractivity contribution is 5.66. The van der Waals surface area contributed by atoms with Gasteiger partial charge in [-0.3, -0.25) is 4.79 Å². The van der Waals surface area contributed by atoms with Crippen molar-refractivity contribution in [2.24, 2.45) is 0 Å². The Morgan fingerprint density at radius 2 is 1.30 bits per heavy atom. The molecule has 2 aromatic carbocycles. The molecule has 20 heavy (non-hydrogen) atoms. The molecule has 0 spiro atoms. The molecule has 0 aromatic heterocycles. The van der Waals surface area contributed by atoms with Crippen LogP contribution in [0.5, 0.6) is 11.5 Å². The van der Waals surface area contributed by atoms with Gasteiger partial charge in [0.15, 0.2) is 0 Å². The largest absolute Gasteiger partial charge is 0.508 e. The summed E-state index contributed by atoms with van der Waals surface area (Å²) in [7, 11) is 0. The van der Waals surface area contributed by atoms with Gasteiger partial charge >= 0.3 is 5.97 Å². The van der Waals surface area contributed by atoms with Gasteiger partial charge in [0.25, 0.3) is 0 Å². The maximum Gasteiger partial charge on any atom is 0.307 e. The summed E-state index contributed by atoms with van der Waals surface area (Å²) < 4.78 is 4.17. The Balaban J connectivity index is 0.000000272. The van der Waals surface area contributed by atoms with Crippen LogP contribution < -0.4 is 0 Å². The SMILES string of the molecule is C=COC(C)=O.Oc1ccccc1.Oc1ccccc1. The number of hydrogen-bond donors (Lipinski definition) is 2. The average Bonchev–Trinajstić information content (AvgIpc) is 2.42. The number of phenols is 2. The molecule has 2 N–H and O–H groups in total. The van der Waals surface area contributed by atoms with E-state index in [1.54, 1.807) is 48.5 Å². The van der Waals surface area contributed by atoms with E-state index in [0.29, 0.717) is 11.5 Å². The van der Waals surface area contributed by atoms with Gasteiger partial charge in [0, 0.05) is 6.92 Å². The smallest absolute Gasteiger partial charge is 0.307 e. The summed E-state index contributed by atoms with van der Waals surface area (Å²) in [4.78, 5) is 9.75. The van der Waals surface area contributed by atoms with Crippen LogP contribution in [0.1, 0.15) is 6.92 Å². The number of benzene rings is 2. The number of rotatable bonds is 1. The van der Waals surface area contributed by atoms with Crippen molar-refractivity contribution in [3.05, 3.63) is 73.5 Å². The third-order valence-electron chi connectivity index (χ3n) is 1.76. The fourth-order valence-electron chi connectivity index (χ4n) is 0.973. The van der Waals surface area contributed by atoms with Crippen LogP contribution in [0.2, 0.25) is 0 Å². The predicted molar refractivity (Wildman–Crippen MR) is 78.2 cm³/mol. The van der Waals surface area contributed by atoms with Gasteiger partial charge in [-0.2, -0.15) is 0 Å². The summed E-state index contributed by atoms with van der Waals surface area (Å²) in [5.74, 6) is 0.315. The second kappa shape index (κ2) is 11.3. The highest BCUT2D eigenvalue weighted by Gasteiger charge is 1.79. The third-order valence-corrected chi connectivity index (χ3v) is 1.76. The second-order valence-corrected chi connectivity index (χ2v) is 3.45. The highest BCUT2D eigenvalue weighted by Crippen LogP contribution is 2.03. The van der Waals surface area contributed by atoms with Crippen molar-refractivity contribution in [2.45, 2.75) is 6.92 Å². The molecular formula is C16H18O4. The summed E-state index contributed by atoms with van der Waals surface area (Å²) in [6.45, 7) is 4.48. The zero-order valence-corrected chi connectivity index (χ0v) is 11.3. The van der Waals surface area contributed by atoms with Crippen molar-refractivity contribution in [3.8, 4) is 11.5 Å². The number of esters is 1. The summed E-state index contributed by atoms with van der Waals surface area (Å²) in [5, 5.41) is 17.3. The molecule has 0 fully saturated rings.